The van der Waals surface area contributed by atoms with Crippen molar-refractivity contribution in [1.29, 1.82) is 0 Å². The van der Waals surface area contributed by atoms with Crippen LogP contribution in [0.3, 0.4) is 0 Å². The van der Waals surface area contributed by atoms with E-state index >= 15 is 0 Å². The Morgan fingerprint density at radius 2 is 1.75 bits per heavy atom. The second-order valence-electron chi connectivity index (χ2n) is 3.81. The molecule has 0 saturated heterocycles. The summed E-state index contributed by atoms with van der Waals surface area (Å²) in [5.41, 5.74) is 0.699. The van der Waals surface area contributed by atoms with Crippen molar-refractivity contribution in [3.05, 3.63) is 30.3 Å². The summed E-state index contributed by atoms with van der Waals surface area (Å²) in [6.07, 6.45) is -0.146. The minimum atomic E-state index is -0.302. The number of carbonyl (C=O) groups excluding carboxylic acids is 2. The van der Waals surface area contributed by atoms with Crippen LogP contribution in [0.25, 0.3) is 0 Å². The number of carbonyl (C=O) groups is 2. The van der Waals surface area contributed by atoms with E-state index in [1.807, 2.05) is 32.0 Å². The molecule has 0 unspecified atom stereocenters. The van der Waals surface area contributed by atoms with Crippen molar-refractivity contribution in [2.24, 2.45) is 0 Å². The first-order valence-electron chi connectivity index (χ1n) is 5.22. The Hall–Kier alpha value is -1.84. The molecule has 0 heterocycles. The zero-order valence-electron chi connectivity index (χ0n) is 9.49. The minimum Gasteiger partial charge on any atom is -0.353 e. The molecule has 16 heavy (non-hydrogen) atoms. The number of hydrogen-bond donors (Lipinski definition) is 2. The average Bonchev–Trinajstić information content (AvgIpc) is 2.17. The molecule has 4 heteroatoms. The number of para-hydroxylation sites is 1. The second kappa shape index (κ2) is 5.90. The maximum absolute atomic E-state index is 11.4. The van der Waals surface area contributed by atoms with Gasteiger partial charge in [-0.25, -0.2) is 0 Å². The first kappa shape index (κ1) is 12.2. The number of nitrogens with one attached hydrogen (secondary N) is 2. The number of rotatable bonds is 4. The third-order valence-corrected chi connectivity index (χ3v) is 1.83. The van der Waals surface area contributed by atoms with Crippen LogP contribution >= 0.6 is 0 Å². The smallest absolute Gasteiger partial charge is 0.233 e. The molecule has 0 spiro atoms. The third kappa shape index (κ3) is 4.59. The third-order valence-electron chi connectivity index (χ3n) is 1.83. The minimum absolute atomic E-state index is 0.0528. The largest absolute Gasteiger partial charge is 0.353 e. The topological polar surface area (TPSA) is 58.2 Å². The molecule has 1 rings (SSSR count). The lowest BCUT2D eigenvalue weighted by atomic mass is 10.3. The molecule has 1 aromatic rings. The molecule has 0 fully saturated rings. The van der Waals surface area contributed by atoms with Gasteiger partial charge in [-0.2, -0.15) is 0 Å². The Kier molecular flexibility index (Phi) is 4.51. The fourth-order valence-electron chi connectivity index (χ4n) is 1.25. The van der Waals surface area contributed by atoms with E-state index < -0.39 is 0 Å². The summed E-state index contributed by atoms with van der Waals surface area (Å²) in [7, 11) is 0. The molecule has 0 saturated carbocycles. The first-order valence-corrected chi connectivity index (χ1v) is 5.22. The number of anilines is 1. The monoisotopic (exact) mass is 220 g/mol. The Morgan fingerprint density at radius 1 is 1.12 bits per heavy atom. The standard InChI is InChI=1S/C12H16N2O2/c1-9(2)13-11(15)8-12(16)14-10-6-4-3-5-7-10/h3-7,9H,8H2,1-2H3,(H,13,15)(H,14,16). The van der Waals surface area contributed by atoms with Crippen LogP contribution in [0.15, 0.2) is 30.3 Å². The highest BCUT2D eigenvalue weighted by Crippen LogP contribution is 2.05. The van der Waals surface area contributed by atoms with Gasteiger partial charge in [0.05, 0.1) is 0 Å². The predicted octanol–water partition coefficient (Wildman–Crippen LogP) is 1.54. The first-order chi connectivity index (χ1) is 7.58. The molecule has 0 atom stereocenters. The van der Waals surface area contributed by atoms with Gasteiger partial charge < -0.3 is 10.6 Å². The lowest BCUT2D eigenvalue weighted by molar-refractivity contribution is -0.127. The lowest BCUT2D eigenvalue weighted by Crippen LogP contribution is -2.33. The molecule has 86 valence electrons. The van der Waals surface area contributed by atoms with Crippen LogP contribution in [0.2, 0.25) is 0 Å². The van der Waals surface area contributed by atoms with E-state index in [0.717, 1.165) is 0 Å². The van der Waals surface area contributed by atoms with Gasteiger partial charge in [0.15, 0.2) is 0 Å². The van der Waals surface area contributed by atoms with Crippen molar-refractivity contribution in [3.63, 3.8) is 0 Å². The number of amides is 2. The summed E-state index contributed by atoms with van der Waals surface area (Å²) in [4.78, 5) is 22.7. The zero-order valence-corrected chi connectivity index (χ0v) is 9.49. The maximum Gasteiger partial charge on any atom is 0.233 e. The van der Waals surface area contributed by atoms with E-state index in [4.69, 9.17) is 0 Å². The molecular formula is C12H16N2O2. The van der Waals surface area contributed by atoms with Gasteiger partial charge in [0.2, 0.25) is 11.8 Å². The summed E-state index contributed by atoms with van der Waals surface area (Å²) in [6.45, 7) is 3.71. The lowest BCUT2D eigenvalue weighted by Gasteiger charge is -2.08. The van der Waals surface area contributed by atoms with Crippen LogP contribution in [0.5, 0.6) is 0 Å². The van der Waals surface area contributed by atoms with E-state index in [0.29, 0.717) is 5.69 Å². The van der Waals surface area contributed by atoms with E-state index in [1.165, 1.54) is 0 Å². The predicted molar refractivity (Wildman–Crippen MR) is 63.0 cm³/mol. The Morgan fingerprint density at radius 3 is 2.31 bits per heavy atom. The SMILES string of the molecule is CC(C)NC(=O)CC(=O)Nc1ccccc1. The number of benzene rings is 1. The molecule has 0 bridgehead atoms. The van der Waals surface area contributed by atoms with Crippen molar-refractivity contribution in [3.8, 4) is 0 Å². The molecule has 0 aliphatic carbocycles. The zero-order chi connectivity index (χ0) is 12.0. The van der Waals surface area contributed by atoms with Gasteiger partial charge in [0.25, 0.3) is 0 Å². The molecule has 2 N–H and O–H groups in total. The second-order valence-corrected chi connectivity index (χ2v) is 3.81. The van der Waals surface area contributed by atoms with Gasteiger partial charge in [-0.1, -0.05) is 18.2 Å². The van der Waals surface area contributed by atoms with Crippen LogP contribution in [-0.4, -0.2) is 17.9 Å². The van der Waals surface area contributed by atoms with E-state index in [2.05, 4.69) is 10.6 Å². The molecule has 0 aromatic heterocycles. The summed E-state index contributed by atoms with van der Waals surface area (Å²) >= 11 is 0. The van der Waals surface area contributed by atoms with Gasteiger partial charge in [-0.15, -0.1) is 0 Å². The highest BCUT2D eigenvalue weighted by molar-refractivity contribution is 6.03. The van der Waals surface area contributed by atoms with Gasteiger partial charge in [-0.05, 0) is 26.0 Å². The quantitative estimate of drug-likeness (QED) is 0.756. The molecule has 0 aliphatic heterocycles. The molecule has 2 amide bonds. The van der Waals surface area contributed by atoms with Crippen LogP contribution in [0, 0.1) is 0 Å². The van der Waals surface area contributed by atoms with E-state index in [1.54, 1.807) is 12.1 Å². The van der Waals surface area contributed by atoms with Gasteiger partial charge in [0.1, 0.15) is 6.42 Å². The van der Waals surface area contributed by atoms with Crippen molar-refractivity contribution in [2.75, 3.05) is 5.32 Å². The Balaban J connectivity index is 2.39. The van der Waals surface area contributed by atoms with Crippen LogP contribution in [-0.2, 0) is 9.59 Å². The Bertz CT molecular complexity index is 361. The highest BCUT2D eigenvalue weighted by atomic mass is 16.2. The van der Waals surface area contributed by atoms with E-state index in [-0.39, 0.29) is 24.3 Å². The summed E-state index contributed by atoms with van der Waals surface area (Å²) in [5, 5.41) is 5.31. The van der Waals surface area contributed by atoms with Gasteiger partial charge in [0, 0.05) is 11.7 Å². The van der Waals surface area contributed by atoms with Crippen LogP contribution < -0.4 is 10.6 Å². The summed E-state index contributed by atoms with van der Waals surface area (Å²) in [6, 6.07) is 9.11. The van der Waals surface area contributed by atoms with E-state index in [9.17, 15) is 9.59 Å². The van der Waals surface area contributed by atoms with Crippen LogP contribution in [0.4, 0.5) is 5.69 Å². The van der Waals surface area contributed by atoms with Crippen molar-refractivity contribution >= 4 is 17.5 Å². The average molecular weight is 220 g/mol. The molecule has 0 aliphatic rings. The maximum atomic E-state index is 11.4. The molecule has 4 nitrogen and oxygen atoms in total. The summed E-state index contributed by atoms with van der Waals surface area (Å²) in [5.74, 6) is -0.562. The van der Waals surface area contributed by atoms with Gasteiger partial charge >= 0.3 is 0 Å². The molecular weight excluding hydrogens is 204 g/mol. The highest BCUT2D eigenvalue weighted by Gasteiger charge is 2.09. The van der Waals surface area contributed by atoms with Crippen molar-refractivity contribution in [1.82, 2.24) is 5.32 Å². The summed E-state index contributed by atoms with van der Waals surface area (Å²) < 4.78 is 0. The fraction of sp³-hybridized carbons (Fsp3) is 0.333. The van der Waals surface area contributed by atoms with Crippen molar-refractivity contribution < 1.29 is 9.59 Å². The Labute approximate surface area is 95.0 Å². The fourth-order valence-corrected chi connectivity index (χ4v) is 1.25. The molecule has 1 aromatic carbocycles. The number of hydrogen-bond acceptors (Lipinski definition) is 2. The van der Waals surface area contributed by atoms with Gasteiger partial charge in [-0.3, -0.25) is 9.59 Å². The van der Waals surface area contributed by atoms with Crippen molar-refractivity contribution in [2.45, 2.75) is 26.3 Å². The normalized spacial score (nSPS) is 9.94. The van der Waals surface area contributed by atoms with Crippen LogP contribution in [0.1, 0.15) is 20.3 Å². The molecule has 0 radical (unpaired) electrons.